The molecule has 2 N–H and O–H groups in total. The maximum Gasteiger partial charge on any atom is 0.252 e. The normalized spacial score (nSPS) is 13.1. The van der Waals surface area contributed by atoms with Gasteiger partial charge < -0.3 is 30.2 Å². The average Bonchev–Trinajstić information content (AvgIpc) is 0.707. The van der Waals surface area contributed by atoms with Crippen molar-refractivity contribution in [1.29, 1.82) is 0 Å². The van der Waals surface area contributed by atoms with Crippen LogP contribution >= 0.6 is 0 Å². The van der Waals surface area contributed by atoms with Crippen molar-refractivity contribution in [2.75, 3.05) is 30.2 Å². The molecule has 1 aliphatic carbocycles. The Kier molecular flexibility index (Phi) is 11.9. The van der Waals surface area contributed by atoms with Gasteiger partial charge in [-0.15, -0.1) is 0 Å². The highest BCUT2D eigenvalue weighted by molar-refractivity contribution is 7.02. The van der Waals surface area contributed by atoms with E-state index < -0.39 is 0 Å². The highest BCUT2D eigenvalue weighted by Gasteiger charge is 2.50. The summed E-state index contributed by atoms with van der Waals surface area (Å²) in [6, 6.07) is 106. The molecule has 0 amide bonds. The van der Waals surface area contributed by atoms with E-state index in [2.05, 4.69) is 328 Å². The molecule has 4 aliphatic heterocycles. The Balaban J connectivity index is 0.965. The van der Waals surface area contributed by atoms with Crippen LogP contribution in [0.15, 0.2) is 291 Å². The molecule has 13 aromatic rings. The SMILES string of the molecule is B1c2ccccc2N2c3cc(N(c4ccccc4)c4cccc5c4CCC=C5)ccc3B3c4ccc(N(c5ccccc5)c5cccc6ccccc56)cc4N4c5ccccc5Bc5c(-c6c(Nc7ccccc7)cccc6Nc6ccccc6)c1c2c3c54. The number of benzene rings is 13. The molecule has 18 rings (SSSR count). The van der Waals surface area contributed by atoms with Gasteiger partial charge in [0.15, 0.2) is 14.6 Å². The lowest BCUT2D eigenvalue weighted by molar-refractivity contribution is 0.979. The fraction of sp³-hybridized carbons (Fsp3) is 0.0250. The van der Waals surface area contributed by atoms with E-state index in [9.17, 15) is 0 Å². The number of rotatable bonds is 11. The van der Waals surface area contributed by atoms with E-state index in [0.29, 0.717) is 0 Å². The molecule has 0 bridgehead atoms. The van der Waals surface area contributed by atoms with Gasteiger partial charge in [-0.05, 0) is 171 Å². The van der Waals surface area contributed by atoms with Gasteiger partial charge in [0, 0.05) is 96.3 Å². The molecule has 6 nitrogen and oxygen atoms in total. The monoisotopic (exact) mass is 1130 g/mol. The van der Waals surface area contributed by atoms with E-state index in [0.717, 1.165) is 84.2 Å². The number of nitrogens with one attached hydrogen (secondary N) is 2. The van der Waals surface area contributed by atoms with E-state index in [-0.39, 0.29) is 6.71 Å². The largest absolute Gasteiger partial charge is 0.355 e. The second kappa shape index (κ2) is 20.8. The Morgan fingerprint density at radius 2 is 0.876 bits per heavy atom. The lowest BCUT2D eigenvalue weighted by atomic mass is 9.31. The molecule has 0 unspecified atom stereocenters. The van der Waals surface area contributed by atoms with Crippen LogP contribution in [0.2, 0.25) is 0 Å². The van der Waals surface area contributed by atoms with Crippen molar-refractivity contribution in [2.45, 2.75) is 12.8 Å². The van der Waals surface area contributed by atoms with Gasteiger partial charge in [-0.25, -0.2) is 0 Å². The third-order valence-electron chi connectivity index (χ3n) is 19.0. The van der Waals surface area contributed by atoms with Crippen molar-refractivity contribution in [3.05, 3.63) is 302 Å². The van der Waals surface area contributed by atoms with E-state index in [1.165, 1.54) is 106 Å². The van der Waals surface area contributed by atoms with Crippen LogP contribution in [0.25, 0.3) is 28.0 Å². The van der Waals surface area contributed by atoms with Gasteiger partial charge in [-0.2, -0.15) is 0 Å². The van der Waals surface area contributed by atoms with Crippen LogP contribution in [0.3, 0.4) is 0 Å². The fourth-order valence-electron chi connectivity index (χ4n) is 15.3. The summed E-state index contributed by atoms with van der Waals surface area (Å²) in [5, 5.41) is 10.4. The van der Waals surface area contributed by atoms with Crippen molar-refractivity contribution in [3.63, 3.8) is 0 Å². The Labute approximate surface area is 520 Å². The molecular formula is C80H57B3N6. The van der Waals surface area contributed by atoms with E-state index >= 15 is 0 Å². The summed E-state index contributed by atoms with van der Waals surface area (Å²) in [5.41, 5.74) is 32.4. The molecule has 0 aromatic heterocycles. The fourth-order valence-corrected chi connectivity index (χ4v) is 15.3. The lowest BCUT2D eigenvalue weighted by Gasteiger charge is -2.50. The molecular weight excluding hydrogens is 1080 g/mol. The van der Waals surface area contributed by atoms with Gasteiger partial charge in [0.1, 0.15) is 0 Å². The summed E-state index contributed by atoms with van der Waals surface area (Å²) >= 11 is 0. The molecule has 89 heavy (non-hydrogen) atoms. The molecule has 416 valence electrons. The molecule has 5 aliphatic rings. The zero-order chi connectivity index (χ0) is 58.5. The van der Waals surface area contributed by atoms with Crippen LogP contribution in [-0.2, 0) is 6.42 Å². The summed E-state index contributed by atoms with van der Waals surface area (Å²) in [6.07, 6.45) is 6.61. The van der Waals surface area contributed by atoms with Gasteiger partial charge in [0.2, 0.25) is 0 Å². The number of anilines is 16. The van der Waals surface area contributed by atoms with Gasteiger partial charge in [0.25, 0.3) is 6.71 Å². The van der Waals surface area contributed by atoms with Crippen LogP contribution in [0.1, 0.15) is 17.5 Å². The minimum atomic E-state index is -0.134. The summed E-state index contributed by atoms with van der Waals surface area (Å²) in [7, 11) is 1.49. The summed E-state index contributed by atoms with van der Waals surface area (Å²) in [6.45, 7) is -0.134. The molecule has 4 heterocycles. The van der Waals surface area contributed by atoms with Crippen LogP contribution in [0.5, 0.6) is 0 Å². The molecule has 0 saturated carbocycles. The summed E-state index contributed by atoms with van der Waals surface area (Å²) < 4.78 is 0. The van der Waals surface area contributed by atoms with Crippen LogP contribution in [0, 0.1) is 0 Å². The van der Waals surface area contributed by atoms with Gasteiger partial charge >= 0.3 is 0 Å². The predicted molar refractivity (Wildman–Crippen MR) is 382 cm³/mol. The molecule has 0 spiro atoms. The van der Waals surface area contributed by atoms with Crippen LogP contribution in [-0.4, -0.2) is 21.3 Å². The van der Waals surface area contributed by atoms with Crippen LogP contribution < -0.4 is 68.5 Å². The highest BCUT2D eigenvalue weighted by atomic mass is 15.2. The first-order valence-corrected chi connectivity index (χ1v) is 31.2. The minimum absolute atomic E-state index is 0.134. The third kappa shape index (κ3) is 8.22. The Hall–Kier alpha value is -11.1. The minimum Gasteiger partial charge on any atom is -0.355 e. The van der Waals surface area contributed by atoms with Crippen molar-refractivity contribution in [3.8, 4) is 11.1 Å². The van der Waals surface area contributed by atoms with E-state index in [4.69, 9.17) is 0 Å². The van der Waals surface area contributed by atoms with E-state index in [1.807, 2.05) is 0 Å². The zero-order valence-corrected chi connectivity index (χ0v) is 49.0. The molecule has 0 saturated heterocycles. The number of fused-ring (bicyclic) bond motifs is 12. The summed E-state index contributed by atoms with van der Waals surface area (Å²) in [4.78, 5) is 10.3. The maximum absolute atomic E-state index is 4.02. The average molecular weight is 1130 g/mol. The van der Waals surface area contributed by atoms with E-state index in [1.54, 1.807) is 0 Å². The molecule has 9 heteroatoms. The topological polar surface area (TPSA) is 37.0 Å². The third-order valence-corrected chi connectivity index (χ3v) is 19.0. The van der Waals surface area contributed by atoms with Gasteiger partial charge in [-0.1, -0.05) is 199 Å². The Morgan fingerprint density at radius 3 is 1.47 bits per heavy atom. The number of allylic oxidation sites excluding steroid dienone is 1. The zero-order valence-electron chi connectivity index (χ0n) is 49.0. The Bertz CT molecular complexity index is 4950. The van der Waals surface area contributed by atoms with Gasteiger partial charge in [-0.3, -0.25) is 0 Å². The second-order valence-corrected chi connectivity index (χ2v) is 24.0. The van der Waals surface area contributed by atoms with Crippen molar-refractivity contribution in [2.24, 2.45) is 0 Å². The summed E-state index contributed by atoms with van der Waals surface area (Å²) in [5.74, 6) is 0. The first-order valence-electron chi connectivity index (χ1n) is 31.2. The smallest absolute Gasteiger partial charge is 0.252 e. The maximum atomic E-state index is 4.02. The van der Waals surface area contributed by atoms with Crippen molar-refractivity contribution >= 4 is 167 Å². The highest BCUT2D eigenvalue weighted by Crippen LogP contribution is 2.51. The molecule has 0 radical (unpaired) electrons. The molecule has 13 aromatic carbocycles. The number of hydrogen-bond acceptors (Lipinski definition) is 6. The standard InChI is InChI=1S/C80H57B3N6/c1-5-28-54(29-6-1)84-66-40-23-41-67(85-55-30-7-2-8-31-55)74(66)75-76-79-78-80-77(75)82-63-39-18-20-43-71(63)89(80)73-51-59(87(57-34-11-4-12-35-57)69-45-22-27-53-25-14-16-37-61(53)69)47-49-65(73)83(78)64-48-46-58(50-72(64)88(79)70-42-19-17-38-62(70)81-76)86(56-32-9-3-10-33-56)68-44-21-26-52-24-13-15-36-60(52)68/h1-15,17-36,38-51,81-82,84-85H,16,37H2. The number of nitrogens with zero attached hydrogens (tertiary/aromatic N) is 4. The number of hydrogen-bond donors (Lipinski definition) is 2. The van der Waals surface area contributed by atoms with Crippen molar-refractivity contribution in [1.82, 2.24) is 0 Å². The number of para-hydroxylation sites is 6. The van der Waals surface area contributed by atoms with Crippen molar-refractivity contribution < 1.29 is 0 Å². The van der Waals surface area contributed by atoms with Crippen LogP contribution in [0.4, 0.5) is 91.0 Å². The first kappa shape index (κ1) is 51.1. The Morgan fingerprint density at radius 1 is 0.393 bits per heavy atom. The predicted octanol–water partition coefficient (Wildman–Crippen LogP) is 15.4. The van der Waals surface area contributed by atoms with Gasteiger partial charge in [0.05, 0.1) is 5.69 Å². The second-order valence-electron chi connectivity index (χ2n) is 24.0. The quantitative estimate of drug-likeness (QED) is 0.126. The molecule has 0 atom stereocenters. The first-order chi connectivity index (χ1) is 44.2. The lowest BCUT2D eigenvalue weighted by Crippen LogP contribution is -2.67. The molecule has 0 fully saturated rings.